The van der Waals surface area contributed by atoms with Crippen LogP contribution in [0.2, 0.25) is 5.02 Å². The van der Waals surface area contributed by atoms with E-state index in [4.69, 9.17) is 16.3 Å². The third kappa shape index (κ3) is 4.59. The van der Waals surface area contributed by atoms with Crippen LogP contribution in [0.1, 0.15) is 16.1 Å². The number of halogens is 1. The predicted octanol–water partition coefficient (Wildman–Crippen LogP) is -1.03. The van der Waals surface area contributed by atoms with Crippen LogP contribution in [0.3, 0.4) is 0 Å². The number of rotatable bonds is 4. The Labute approximate surface area is 153 Å². The van der Waals surface area contributed by atoms with Crippen LogP contribution in [0, 0.1) is 6.92 Å². The Morgan fingerprint density at radius 2 is 2.10 bits per heavy atom. The first-order valence-electron chi connectivity index (χ1n) is 5.58. The number of nitrogens with zero attached hydrogens (tertiary/aromatic N) is 2. The first-order valence-corrected chi connectivity index (χ1v) is 6.78. The summed E-state index contributed by atoms with van der Waals surface area (Å²) in [5.74, 6) is -0.922. The Hall–Kier alpha value is -0.790. The van der Waals surface area contributed by atoms with Gasteiger partial charge in [-0.1, -0.05) is 17.7 Å². The number of carbonyl (C=O) groups excluding carboxylic acids is 1. The summed E-state index contributed by atoms with van der Waals surface area (Å²) in [6.07, 6.45) is 0. The number of ether oxygens (including phenoxy) is 1. The summed E-state index contributed by atoms with van der Waals surface area (Å²) in [6.45, 7) is 1.80. The molecule has 0 aliphatic heterocycles. The molecular weight excluding hydrogens is 323 g/mol. The number of aromatic nitrogens is 2. The van der Waals surface area contributed by atoms with Gasteiger partial charge in [-0.15, -0.1) is 0 Å². The molecule has 2 aromatic rings. The molecule has 0 atom stereocenters. The van der Waals surface area contributed by atoms with Crippen LogP contribution in [0.25, 0.3) is 0 Å². The number of methoxy groups -OCH3 is 1. The van der Waals surface area contributed by atoms with E-state index >= 15 is 0 Å². The molecule has 0 saturated heterocycles. The largest absolute Gasteiger partial charge is 1.00 e. The van der Waals surface area contributed by atoms with Crippen LogP contribution in [0.4, 0.5) is 0 Å². The topological polar surface area (TPSA) is 75.1 Å². The summed E-state index contributed by atoms with van der Waals surface area (Å²) in [5.41, 5.74) is 0.652. The van der Waals surface area contributed by atoms with Gasteiger partial charge in [0.1, 0.15) is 0 Å². The molecule has 1 aromatic heterocycles. The van der Waals surface area contributed by atoms with Crippen LogP contribution in [0.5, 0.6) is 5.88 Å². The standard InChI is InChI=1S/C13H11ClN2O3S.Na/c1-7-6-10(19-2)16-13(15-7)20-9-5-3-4-8(14)11(9)12(17)18;/h3-6H,1-2H3,(H,17,18);/q;+1/p-1. The number of hydrogen-bond acceptors (Lipinski definition) is 6. The third-order valence-electron chi connectivity index (χ3n) is 2.40. The van der Waals surface area contributed by atoms with Crippen molar-refractivity contribution in [1.82, 2.24) is 9.97 Å². The summed E-state index contributed by atoms with van der Waals surface area (Å²) < 4.78 is 5.06. The number of carbonyl (C=O) groups is 1. The van der Waals surface area contributed by atoms with Gasteiger partial charge in [0.05, 0.1) is 18.1 Å². The molecule has 104 valence electrons. The molecule has 0 bridgehead atoms. The molecule has 0 spiro atoms. The molecule has 1 heterocycles. The predicted molar refractivity (Wildman–Crippen MR) is 73.2 cm³/mol. The zero-order valence-electron chi connectivity index (χ0n) is 11.7. The third-order valence-corrected chi connectivity index (χ3v) is 3.64. The summed E-state index contributed by atoms with van der Waals surface area (Å²) in [5, 5.41) is 11.6. The van der Waals surface area contributed by atoms with Crippen molar-refractivity contribution in [2.45, 2.75) is 17.0 Å². The van der Waals surface area contributed by atoms with E-state index < -0.39 is 5.97 Å². The van der Waals surface area contributed by atoms with Gasteiger partial charge in [0.15, 0.2) is 5.16 Å². The van der Waals surface area contributed by atoms with E-state index in [2.05, 4.69) is 9.97 Å². The fourth-order valence-electron chi connectivity index (χ4n) is 1.55. The van der Waals surface area contributed by atoms with E-state index in [1.54, 1.807) is 25.1 Å². The van der Waals surface area contributed by atoms with Crippen LogP contribution in [-0.2, 0) is 0 Å². The van der Waals surface area contributed by atoms with Gasteiger partial charge in [0.2, 0.25) is 5.88 Å². The first kappa shape index (κ1) is 18.3. The smallest absolute Gasteiger partial charge is 0.545 e. The summed E-state index contributed by atoms with van der Waals surface area (Å²) in [4.78, 5) is 19.9. The zero-order valence-corrected chi connectivity index (χ0v) is 15.3. The molecule has 0 saturated carbocycles. The van der Waals surface area contributed by atoms with Crippen LogP contribution < -0.4 is 39.4 Å². The van der Waals surface area contributed by atoms with E-state index in [1.807, 2.05) is 0 Å². The fraction of sp³-hybridized carbons (Fsp3) is 0.154. The Morgan fingerprint density at radius 1 is 1.38 bits per heavy atom. The van der Waals surface area contributed by atoms with Crippen LogP contribution in [-0.4, -0.2) is 23.0 Å². The van der Waals surface area contributed by atoms with Crippen molar-refractivity contribution in [2.75, 3.05) is 7.11 Å². The van der Waals surface area contributed by atoms with Crippen molar-refractivity contribution in [1.29, 1.82) is 0 Å². The molecule has 5 nitrogen and oxygen atoms in total. The molecule has 0 aliphatic carbocycles. The number of hydrogen-bond donors (Lipinski definition) is 0. The minimum Gasteiger partial charge on any atom is -0.545 e. The average Bonchev–Trinajstić information content (AvgIpc) is 2.37. The Morgan fingerprint density at radius 3 is 2.71 bits per heavy atom. The quantitative estimate of drug-likeness (QED) is 0.526. The fourth-order valence-corrected chi connectivity index (χ4v) is 2.82. The SMILES string of the molecule is COc1cc(C)nc(Sc2cccc(Cl)c2C(=O)[O-])n1.[Na+]. The van der Waals surface area contributed by atoms with Gasteiger partial charge in [-0.2, -0.15) is 4.98 Å². The maximum atomic E-state index is 11.1. The molecule has 0 fully saturated rings. The number of carboxylic acid groups (broad SMARTS) is 1. The van der Waals surface area contributed by atoms with Gasteiger partial charge in [-0.3, -0.25) is 0 Å². The number of aryl methyl sites for hydroxylation is 1. The molecule has 8 heteroatoms. The molecule has 21 heavy (non-hydrogen) atoms. The molecule has 2 rings (SSSR count). The second-order valence-corrected chi connectivity index (χ2v) is 5.25. The second-order valence-electron chi connectivity index (χ2n) is 3.84. The molecular formula is C13H10ClN2NaO3S. The van der Waals surface area contributed by atoms with E-state index in [-0.39, 0.29) is 40.1 Å². The van der Waals surface area contributed by atoms with E-state index in [1.165, 1.54) is 13.2 Å². The Bertz CT molecular complexity index is 670. The van der Waals surface area contributed by atoms with E-state index in [9.17, 15) is 9.90 Å². The van der Waals surface area contributed by atoms with Crippen LogP contribution >= 0.6 is 23.4 Å². The summed E-state index contributed by atoms with van der Waals surface area (Å²) >= 11 is 6.97. The van der Waals surface area contributed by atoms with Crippen molar-refractivity contribution >= 4 is 29.3 Å². The van der Waals surface area contributed by atoms with Gasteiger partial charge in [-0.05, 0) is 30.8 Å². The maximum absolute atomic E-state index is 11.1. The van der Waals surface area contributed by atoms with Crippen molar-refractivity contribution < 1.29 is 44.2 Å². The molecule has 0 radical (unpaired) electrons. The molecule has 0 aliphatic rings. The van der Waals surface area contributed by atoms with Gasteiger partial charge < -0.3 is 14.6 Å². The van der Waals surface area contributed by atoms with Crippen molar-refractivity contribution in [3.8, 4) is 5.88 Å². The van der Waals surface area contributed by atoms with Gasteiger partial charge in [-0.25, -0.2) is 4.98 Å². The number of aromatic carboxylic acids is 1. The van der Waals surface area contributed by atoms with Gasteiger partial charge in [0.25, 0.3) is 0 Å². The minimum atomic E-state index is -1.34. The zero-order chi connectivity index (χ0) is 14.7. The molecule has 0 amide bonds. The van der Waals surface area contributed by atoms with Crippen molar-refractivity contribution in [2.24, 2.45) is 0 Å². The Kier molecular flexibility index (Phi) is 6.96. The molecule has 1 aromatic carbocycles. The van der Waals surface area contributed by atoms with Crippen molar-refractivity contribution in [3.05, 3.63) is 40.5 Å². The summed E-state index contributed by atoms with van der Waals surface area (Å²) in [6, 6.07) is 6.46. The minimum absolute atomic E-state index is 0. The van der Waals surface area contributed by atoms with Gasteiger partial charge in [0, 0.05) is 22.2 Å². The number of carboxylic acids is 1. The monoisotopic (exact) mass is 332 g/mol. The average molecular weight is 333 g/mol. The van der Waals surface area contributed by atoms with E-state index in [0.717, 1.165) is 17.5 Å². The van der Waals surface area contributed by atoms with Crippen molar-refractivity contribution in [3.63, 3.8) is 0 Å². The summed E-state index contributed by atoms with van der Waals surface area (Å²) in [7, 11) is 1.50. The molecule has 0 unspecified atom stereocenters. The maximum Gasteiger partial charge on any atom is 1.00 e. The Balaban J connectivity index is 0.00000220. The van der Waals surface area contributed by atoms with E-state index in [0.29, 0.717) is 15.9 Å². The molecule has 0 N–H and O–H groups in total. The number of benzene rings is 1. The normalized spacial score (nSPS) is 9.86. The van der Waals surface area contributed by atoms with Crippen LogP contribution in [0.15, 0.2) is 34.3 Å². The first-order chi connectivity index (χ1) is 9.51. The van der Waals surface area contributed by atoms with Gasteiger partial charge >= 0.3 is 29.6 Å². The second kappa shape index (κ2) is 8.00.